The molecule has 2 amide bonds. The van der Waals surface area contributed by atoms with Crippen molar-refractivity contribution in [1.29, 1.82) is 0 Å². The van der Waals surface area contributed by atoms with Gasteiger partial charge in [0.25, 0.3) is 5.69 Å². The van der Waals surface area contributed by atoms with Crippen molar-refractivity contribution in [3.8, 4) is 10.4 Å². The summed E-state index contributed by atoms with van der Waals surface area (Å²) in [6.07, 6.45) is 0.648. The first kappa shape index (κ1) is 21.6. The largest absolute Gasteiger partial charge is 0.449 e. The number of hydrogen-bond acceptors (Lipinski definition) is 7. The van der Waals surface area contributed by atoms with E-state index in [0.717, 1.165) is 23.3 Å². The molecule has 2 aromatic rings. The number of ether oxygens (including phenoxy) is 2. The monoisotopic (exact) mass is 433 g/mol. The standard InChI is InChI=1S/C20H23N3O6S/c1-2-3-8-28-20(25)22-11-14(12-22)13-29-19(24)21-16-10-15(18-5-4-9-30-18)6-7-17(16)23(26)27/h4-7,9-10,14H,2-3,8,11-13H2,1H3,(H,21,24). The van der Waals surface area contributed by atoms with Crippen LogP contribution in [0.5, 0.6) is 0 Å². The molecule has 0 radical (unpaired) electrons. The summed E-state index contributed by atoms with van der Waals surface area (Å²) >= 11 is 1.49. The number of hydrogen-bond donors (Lipinski definition) is 1. The summed E-state index contributed by atoms with van der Waals surface area (Å²) in [6, 6.07) is 8.33. The van der Waals surface area contributed by atoms with Crippen LogP contribution in [0.1, 0.15) is 19.8 Å². The van der Waals surface area contributed by atoms with E-state index in [2.05, 4.69) is 5.32 Å². The summed E-state index contributed by atoms with van der Waals surface area (Å²) < 4.78 is 10.3. The first-order chi connectivity index (χ1) is 14.5. The molecular formula is C20H23N3O6S. The van der Waals surface area contributed by atoms with Crippen LogP contribution in [-0.2, 0) is 9.47 Å². The maximum Gasteiger partial charge on any atom is 0.411 e. The van der Waals surface area contributed by atoms with Gasteiger partial charge in [-0.2, -0.15) is 0 Å². The van der Waals surface area contributed by atoms with Gasteiger partial charge in [0.1, 0.15) is 5.69 Å². The number of nitro benzene ring substituents is 1. The molecule has 1 aliphatic rings. The molecule has 0 atom stereocenters. The molecule has 2 heterocycles. The van der Waals surface area contributed by atoms with E-state index in [0.29, 0.717) is 19.7 Å². The summed E-state index contributed by atoms with van der Waals surface area (Å²) in [5.74, 6) is 0.0157. The summed E-state index contributed by atoms with van der Waals surface area (Å²) in [7, 11) is 0. The van der Waals surface area contributed by atoms with Crippen LogP contribution in [0, 0.1) is 16.0 Å². The van der Waals surface area contributed by atoms with Crippen LogP contribution < -0.4 is 5.32 Å². The molecule has 1 fully saturated rings. The lowest BCUT2D eigenvalue weighted by Crippen LogP contribution is -2.52. The van der Waals surface area contributed by atoms with Crippen LogP contribution >= 0.6 is 11.3 Å². The van der Waals surface area contributed by atoms with Gasteiger partial charge >= 0.3 is 12.2 Å². The molecule has 0 aliphatic carbocycles. The number of amides is 2. The average molecular weight is 433 g/mol. The van der Waals surface area contributed by atoms with Crippen LogP contribution in [-0.4, -0.2) is 48.3 Å². The number of anilines is 1. The number of carbonyl (C=O) groups excluding carboxylic acids is 2. The number of carbonyl (C=O) groups is 2. The van der Waals surface area contributed by atoms with E-state index in [1.165, 1.54) is 17.4 Å². The minimum atomic E-state index is -0.773. The molecular weight excluding hydrogens is 410 g/mol. The van der Waals surface area contributed by atoms with Crippen LogP contribution in [0.4, 0.5) is 21.0 Å². The summed E-state index contributed by atoms with van der Waals surface area (Å²) in [5.41, 5.74) is 0.629. The van der Waals surface area contributed by atoms with Crippen molar-refractivity contribution in [3.63, 3.8) is 0 Å². The fourth-order valence-corrected chi connectivity index (χ4v) is 3.67. The Hall–Kier alpha value is -3.14. The second-order valence-electron chi connectivity index (χ2n) is 6.93. The number of rotatable bonds is 8. The van der Waals surface area contributed by atoms with Gasteiger partial charge in [-0.1, -0.05) is 19.4 Å². The molecule has 0 unspecified atom stereocenters. The second-order valence-corrected chi connectivity index (χ2v) is 7.88. The Balaban J connectivity index is 1.50. The van der Waals surface area contributed by atoms with Gasteiger partial charge < -0.3 is 14.4 Å². The van der Waals surface area contributed by atoms with E-state index >= 15 is 0 Å². The highest BCUT2D eigenvalue weighted by Crippen LogP contribution is 2.32. The second kappa shape index (κ2) is 10.1. The highest BCUT2D eigenvalue weighted by Gasteiger charge is 2.32. The third-order valence-electron chi connectivity index (χ3n) is 4.62. The fourth-order valence-electron chi connectivity index (χ4n) is 2.95. The van der Waals surface area contributed by atoms with Gasteiger partial charge in [0.05, 0.1) is 18.1 Å². The molecule has 1 aromatic heterocycles. The van der Waals surface area contributed by atoms with Gasteiger partial charge in [-0.25, -0.2) is 9.59 Å². The predicted molar refractivity (Wildman–Crippen MR) is 113 cm³/mol. The van der Waals surface area contributed by atoms with Crippen molar-refractivity contribution in [1.82, 2.24) is 4.90 Å². The zero-order chi connectivity index (χ0) is 21.5. The predicted octanol–water partition coefficient (Wildman–Crippen LogP) is 4.74. The first-order valence-electron chi connectivity index (χ1n) is 9.65. The van der Waals surface area contributed by atoms with Crippen LogP contribution in [0.15, 0.2) is 35.7 Å². The zero-order valence-electron chi connectivity index (χ0n) is 16.5. The first-order valence-corrected chi connectivity index (χ1v) is 10.5. The third-order valence-corrected chi connectivity index (χ3v) is 5.54. The lowest BCUT2D eigenvalue weighted by atomic mass is 10.0. The van der Waals surface area contributed by atoms with Crippen molar-refractivity contribution in [2.75, 3.05) is 31.6 Å². The lowest BCUT2D eigenvalue weighted by Gasteiger charge is -2.37. The molecule has 30 heavy (non-hydrogen) atoms. The highest BCUT2D eigenvalue weighted by atomic mass is 32.1. The smallest absolute Gasteiger partial charge is 0.411 e. The number of thiophene rings is 1. The van der Waals surface area contributed by atoms with E-state index in [4.69, 9.17) is 9.47 Å². The minimum Gasteiger partial charge on any atom is -0.449 e. The van der Waals surface area contributed by atoms with Crippen LogP contribution in [0.2, 0.25) is 0 Å². The van der Waals surface area contributed by atoms with E-state index < -0.39 is 11.0 Å². The quantitative estimate of drug-likeness (QED) is 0.366. The molecule has 3 rings (SSSR count). The Labute approximate surface area is 177 Å². The molecule has 1 N–H and O–H groups in total. The number of nitro groups is 1. The molecule has 1 aliphatic heterocycles. The van der Waals surface area contributed by atoms with E-state index in [1.54, 1.807) is 17.0 Å². The molecule has 160 valence electrons. The molecule has 10 heteroatoms. The maximum absolute atomic E-state index is 12.2. The van der Waals surface area contributed by atoms with Gasteiger partial charge in [0, 0.05) is 30.0 Å². The molecule has 1 aromatic carbocycles. The van der Waals surface area contributed by atoms with Gasteiger partial charge in [-0.3, -0.25) is 15.4 Å². The molecule has 9 nitrogen and oxygen atoms in total. The Bertz CT molecular complexity index is 896. The number of likely N-dealkylation sites (tertiary alicyclic amines) is 1. The van der Waals surface area contributed by atoms with Gasteiger partial charge in [-0.05, 0) is 35.6 Å². The van der Waals surface area contributed by atoms with Crippen molar-refractivity contribution in [3.05, 3.63) is 45.8 Å². The van der Waals surface area contributed by atoms with Crippen LogP contribution in [0.3, 0.4) is 0 Å². The van der Waals surface area contributed by atoms with Crippen molar-refractivity contribution < 1.29 is 24.0 Å². The highest BCUT2D eigenvalue weighted by molar-refractivity contribution is 7.13. The summed E-state index contributed by atoms with van der Waals surface area (Å²) in [6.45, 7) is 3.43. The number of nitrogens with zero attached hydrogens (tertiary/aromatic N) is 2. The average Bonchev–Trinajstić information content (AvgIpc) is 3.21. The van der Waals surface area contributed by atoms with Crippen molar-refractivity contribution in [2.45, 2.75) is 19.8 Å². The summed E-state index contributed by atoms with van der Waals surface area (Å²) in [5, 5.41) is 15.6. The summed E-state index contributed by atoms with van der Waals surface area (Å²) in [4.78, 5) is 37.2. The fraction of sp³-hybridized carbons (Fsp3) is 0.400. The Morgan fingerprint density at radius 3 is 2.77 bits per heavy atom. The number of unbranched alkanes of at least 4 members (excludes halogenated alkanes) is 1. The Morgan fingerprint density at radius 2 is 2.10 bits per heavy atom. The van der Waals surface area contributed by atoms with Gasteiger partial charge in [-0.15, -0.1) is 11.3 Å². The SMILES string of the molecule is CCCCOC(=O)N1CC(COC(=O)Nc2cc(-c3cccs3)ccc2[N+](=O)[O-])C1. The molecule has 0 bridgehead atoms. The Morgan fingerprint density at radius 1 is 1.30 bits per heavy atom. The molecule has 1 saturated heterocycles. The lowest BCUT2D eigenvalue weighted by molar-refractivity contribution is -0.383. The Kier molecular flexibility index (Phi) is 7.23. The van der Waals surface area contributed by atoms with Gasteiger partial charge in [0.2, 0.25) is 0 Å². The van der Waals surface area contributed by atoms with Crippen molar-refractivity contribution >= 4 is 34.9 Å². The normalized spacial score (nSPS) is 13.4. The van der Waals surface area contributed by atoms with Crippen LogP contribution in [0.25, 0.3) is 10.4 Å². The van der Waals surface area contributed by atoms with E-state index in [-0.39, 0.29) is 30.0 Å². The number of benzene rings is 1. The molecule has 0 saturated carbocycles. The number of nitrogens with one attached hydrogen (secondary N) is 1. The minimum absolute atomic E-state index is 0.0157. The third kappa shape index (κ3) is 5.47. The van der Waals surface area contributed by atoms with Crippen molar-refractivity contribution in [2.24, 2.45) is 5.92 Å². The topological polar surface area (TPSA) is 111 Å². The van der Waals surface area contributed by atoms with E-state index in [9.17, 15) is 19.7 Å². The molecule has 0 spiro atoms. The van der Waals surface area contributed by atoms with E-state index in [1.807, 2.05) is 24.4 Å². The zero-order valence-corrected chi connectivity index (χ0v) is 17.4. The van der Waals surface area contributed by atoms with Gasteiger partial charge in [0.15, 0.2) is 0 Å². The maximum atomic E-state index is 12.2.